The van der Waals surface area contributed by atoms with Gasteiger partial charge in [0, 0.05) is 25.0 Å². The summed E-state index contributed by atoms with van der Waals surface area (Å²) in [7, 11) is 0. The van der Waals surface area contributed by atoms with Gasteiger partial charge in [-0.15, -0.1) is 0 Å². The number of ether oxygens (including phenoxy) is 2. The van der Waals surface area contributed by atoms with Gasteiger partial charge in [-0.05, 0) is 78.2 Å². The summed E-state index contributed by atoms with van der Waals surface area (Å²) >= 11 is 0. The average molecular weight is 754 g/mol. The van der Waals surface area contributed by atoms with Gasteiger partial charge in [0.25, 0.3) is 5.91 Å². The minimum atomic E-state index is -2.39. The van der Waals surface area contributed by atoms with Gasteiger partial charge in [0.1, 0.15) is 29.3 Å². The normalized spacial score (nSPS) is 22.4. The first-order chi connectivity index (χ1) is 26.4. The number of benzene rings is 3. The van der Waals surface area contributed by atoms with Crippen molar-refractivity contribution in [2.24, 2.45) is 17.6 Å². The van der Waals surface area contributed by atoms with Crippen LogP contribution < -0.4 is 21.2 Å². The summed E-state index contributed by atoms with van der Waals surface area (Å²) in [5.74, 6) is -3.06. The Kier molecular flexibility index (Phi) is 11.8. The molecule has 288 valence electrons. The molecule has 7 atom stereocenters. The van der Waals surface area contributed by atoms with Gasteiger partial charge in [-0.1, -0.05) is 61.5 Å². The molecule has 0 saturated carbocycles. The van der Waals surface area contributed by atoms with Gasteiger partial charge < -0.3 is 55.5 Å². The van der Waals surface area contributed by atoms with Crippen LogP contribution in [-0.2, 0) is 16.0 Å². The molecule has 14 nitrogen and oxygen atoms in total. The van der Waals surface area contributed by atoms with Crippen molar-refractivity contribution in [2.45, 2.75) is 50.0 Å². The molecular formula is C41H43N3O11. The van der Waals surface area contributed by atoms with E-state index in [9.17, 15) is 39.9 Å². The van der Waals surface area contributed by atoms with Crippen molar-refractivity contribution in [3.05, 3.63) is 124 Å². The number of primary amides is 1. The van der Waals surface area contributed by atoms with Crippen LogP contribution in [-0.4, -0.2) is 85.7 Å². The van der Waals surface area contributed by atoms with Crippen LogP contribution in [0.2, 0.25) is 0 Å². The lowest BCUT2D eigenvalue weighted by Crippen LogP contribution is -2.71. The maximum absolute atomic E-state index is 13.6. The Bertz CT molecular complexity index is 2190. The molecule has 0 spiro atoms. The number of phenolic OH excluding ortho intramolecular Hbond substituents is 1. The molecule has 2 aromatic heterocycles. The second kappa shape index (κ2) is 16.7. The number of nitrogens with two attached hydrogens (primary N) is 1. The van der Waals surface area contributed by atoms with E-state index < -0.39 is 53.3 Å². The lowest BCUT2D eigenvalue weighted by Gasteiger charge is -2.47. The maximum Gasteiger partial charge on any atom is 0.335 e. The molecule has 6 rings (SSSR count). The van der Waals surface area contributed by atoms with Crippen molar-refractivity contribution in [1.82, 2.24) is 10.3 Å². The molecule has 0 radical (unpaired) electrons. The molecule has 9 N–H and O–H groups in total. The fraction of sp³-hybridized carbons (Fsp3) is 0.293. The maximum atomic E-state index is 13.6. The number of hydrogen-bond donors (Lipinski definition) is 8. The van der Waals surface area contributed by atoms with E-state index in [1.54, 1.807) is 0 Å². The second-order valence-corrected chi connectivity index (χ2v) is 13.8. The summed E-state index contributed by atoms with van der Waals surface area (Å²) in [6.07, 6.45) is 1.45. The van der Waals surface area contributed by atoms with Crippen molar-refractivity contribution in [3.8, 4) is 22.6 Å². The first-order valence-corrected chi connectivity index (χ1v) is 17.7. The number of H-pyrrole nitrogens is 1. The van der Waals surface area contributed by atoms with E-state index in [1.165, 1.54) is 42.5 Å². The van der Waals surface area contributed by atoms with Gasteiger partial charge in [-0.25, -0.2) is 4.79 Å². The number of fused-ring (bicyclic) bond motifs is 1. The number of nitrogens with one attached hydrogen (secondary N) is 2. The zero-order valence-electron chi connectivity index (χ0n) is 29.9. The smallest absolute Gasteiger partial charge is 0.335 e. The number of aliphatic hydroxyl groups is 3. The standard InChI is InChI=1S/C41H43N3O11/c1-23(6-5-9-24-7-3-2-4-8-24)27(18-25-16-17-43-20-25)21-44-22-41(52)37(48)34(47)36(39(50)51)55-40(41)53-29-14-15-30-31(19-29)54-35(38(42)49)32(33(30)46)26-10-12-28(45)13-11-26/h2-5,7-17,19-20,23,27,34,36-37,40,43-45,47-48,52H,6,18,21-22H2,1H3,(H2,42,49)(H,50,51)/b9-5+/t23-,27+,34-,36+,37+,40-,41-/m1/s1. The number of hydrogen-bond acceptors (Lipinski definition) is 11. The Morgan fingerprint density at radius 2 is 1.82 bits per heavy atom. The molecule has 3 aromatic carbocycles. The van der Waals surface area contributed by atoms with Gasteiger partial charge >= 0.3 is 5.97 Å². The Morgan fingerprint density at radius 3 is 2.49 bits per heavy atom. The molecular weight excluding hydrogens is 710 g/mol. The number of allylic oxidation sites excluding steroid dienone is 1. The highest BCUT2D eigenvalue weighted by Gasteiger charge is 2.58. The number of carbonyl (C=O) groups is 2. The second-order valence-electron chi connectivity index (χ2n) is 13.8. The monoisotopic (exact) mass is 753 g/mol. The summed E-state index contributed by atoms with van der Waals surface area (Å²) in [5, 5.41) is 56.7. The molecule has 0 unspecified atom stereocenters. The molecule has 14 heteroatoms. The number of carboxylic acid groups (broad SMARTS) is 1. The van der Waals surface area contributed by atoms with E-state index in [1.807, 2.05) is 48.8 Å². The van der Waals surface area contributed by atoms with Crippen LogP contribution in [0.3, 0.4) is 0 Å². The fourth-order valence-electron chi connectivity index (χ4n) is 6.78. The number of rotatable bonds is 15. The van der Waals surface area contributed by atoms with Gasteiger partial charge in [0.15, 0.2) is 11.7 Å². The van der Waals surface area contributed by atoms with Crippen molar-refractivity contribution in [3.63, 3.8) is 0 Å². The summed E-state index contributed by atoms with van der Waals surface area (Å²) in [4.78, 5) is 41.2. The number of phenols is 1. The molecule has 55 heavy (non-hydrogen) atoms. The van der Waals surface area contributed by atoms with Gasteiger partial charge in [-0.3, -0.25) is 9.59 Å². The molecule has 1 fully saturated rings. The number of aromatic hydroxyl groups is 1. The zero-order chi connectivity index (χ0) is 39.3. The van der Waals surface area contributed by atoms with Crippen LogP contribution in [0.5, 0.6) is 11.5 Å². The fourth-order valence-corrected chi connectivity index (χ4v) is 6.78. The highest BCUT2D eigenvalue weighted by molar-refractivity contribution is 5.99. The lowest BCUT2D eigenvalue weighted by molar-refractivity contribution is -0.311. The van der Waals surface area contributed by atoms with Gasteiger partial charge in [-0.2, -0.15) is 0 Å². The number of carbonyl (C=O) groups excluding carboxylic acids is 1. The van der Waals surface area contributed by atoms with Crippen LogP contribution in [0.1, 0.15) is 35.0 Å². The minimum absolute atomic E-state index is 0.0296. The third-order valence-electron chi connectivity index (χ3n) is 9.95. The van der Waals surface area contributed by atoms with E-state index >= 15 is 0 Å². The Hall–Kier alpha value is -5.77. The van der Waals surface area contributed by atoms with Gasteiger partial charge in [0.2, 0.25) is 17.5 Å². The first-order valence-electron chi connectivity index (χ1n) is 17.7. The molecule has 3 heterocycles. The number of carboxylic acids is 1. The predicted molar refractivity (Wildman–Crippen MR) is 202 cm³/mol. The number of amides is 1. The summed E-state index contributed by atoms with van der Waals surface area (Å²) in [5.41, 5.74) is 4.76. The van der Waals surface area contributed by atoms with Crippen LogP contribution in [0.25, 0.3) is 28.2 Å². The van der Waals surface area contributed by atoms with Crippen LogP contribution in [0, 0.1) is 11.8 Å². The van der Waals surface area contributed by atoms with Crippen molar-refractivity contribution in [2.75, 3.05) is 13.1 Å². The molecule has 1 aliphatic rings. The van der Waals surface area contributed by atoms with Crippen molar-refractivity contribution < 1.29 is 49.0 Å². The summed E-state index contributed by atoms with van der Waals surface area (Å²) < 4.78 is 17.3. The van der Waals surface area contributed by atoms with E-state index in [4.69, 9.17) is 19.6 Å². The Morgan fingerprint density at radius 1 is 1.07 bits per heavy atom. The molecule has 1 aliphatic heterocycles. The molecule has 0 aliphatic carbocycles. The molecule has 5 aromatic rings. The van der Waals surface area contributed by atoms with E-state index in [0.717, 1.165) is 17.5 Å². The van der Waals surface area contributed by atoms with Gasteiger partial charge in [0.05, 0.1) is 10.9 Å². The third kappa shape index (κ3) is 8.64. The van der Waals surface area contributed by atoms with Crippen molar-refractivity contribution in [1.29, 1.82) is 0 Å². The summed E-state index contributed by atoms with van der Waals surface area (Å²) in [6.45, 7) is 2.08. The number of aliphatic hydroxyl groups excluding tert-OH is 2. The first kappa shape index (κ1) is 38.9. The molecule has 1 amide bonds. The summed E-state index contributed by atoms with van der Waals surface area (Å²) in [6, 6.07) is 21.3. The third-order valence-corrected chi connectivity index (χ3v) is 9.95. The van der Waals surface area contributed by atoms with Crippen LogP contribution in [0.4, 0.5) is 0 Å². The number of aliphatic carboxylic acids is 1. The predicted octanol–water partition coefficient (Wildman–Crippen LogP) is 3.42. The van der Waals surface area contributed by atoms with E-state index in [-0.39, 0.29) is 52.0 Å². The van der Waals surface area contributed by atoms with Crippen molar-refractivity contribution >= 4 is 28.9 Å². The minimum Gasteiger partial charge on any atom is -0.508 e. The van der Waals surface area contributed by atoms with Crippen LogP contribution >= 0.6 is 0 Å². The number of aromatic nitrogens is 1. The van der Waals surface area contributed by atoms with E-state index in [0.29, 0.717) is 13.0 Å². The quantitative estimate of drug-likeness (QED) is 0.0768. The highest BCUT2D eigenvalue weighted by Crippen LogP contribution is 2.34. The topological polar surface area (TPSA) is 238 Å². The SMILES string of the molecule is C[C@H](C/C=C/c1ccccc1)[C@H](CNC[C@]1(O)[C@H](Oc2ccc3c(=O)c(-c4ccc(O)cc4)c(C(N)=O)oc3c2)O[C@H](C(=O)O)[C@@H](O)[C@@H]1O)Cc1cc[nH]c1. The zero-order valence-corrected chi connectivity index (χ0v) is 29.9. The Labute approximate surface area is 315 Å². The average Bonchev–Trinajstić information content (AvgIpc) is 3.68. The van der Waals surface area contributed by atoms with Crippen LogP contribution in [0.15, 0.2) is 107 Å². The Balaban J connectivity index is 1.25. The van der Waals surface area contributed by atoms with E-state index in [2.05, 4.69) is 29.4 Å². The molecule has 1 saturated heterocycles. The number of aromatic amines is 1. The molecule has 0 bridgehead atoms. The largest absolute Gasteiger partial charge is 0.508 e. The lowest BCUT2D eigenvalue weighted by atomic mass is 9.84. The highest BCUT2D eigenvalue weighted by atomic mass is 16.7.